The van der Waals surface area contributed by atoms with Crippen LogP contribution in [0.2, 0.25) is 0 Å². The summed E-state index contributed by atoms with van der Waals surface area (Å²) in [5.41, 5.74) is 1.81. The Morgan fingerprint density at radius 1 is 1.32 bits per heavy atom. The van der Waals surface area contributed by atoms with E-state index in [0.29, 0.717) is 6.54 Å². The van der Waals surface area contributed by atoms with Crippen LogP contribution in [0.1, 0.15) is 13.3 Å². The minimum atomic E-state index is -0.00267. The van der Waals surface area contributed by atoms with E-state index in [2.05, 4.69) is 15.7 Å². The van der Waals surface area contributed by atoms with Crippen molar-refractivity contribution in [1.29, 1.82) is 0 Å². The number of rotatable bonds is 6. The van der Waals surface area contributed by atoms with Crippen LogP contribution < -0.4 is 10.6 Å². The summed E-state index contributed by atoms with van der Waals surface area (Å²) in [5.74, 6) is -0.00267. The van der Waals surface area contributed by atoms with E-state index in [4.69, 9.17) is 0 Å². The number of hydrogen-bond donors (Lipinski definition) is 2. The smallest absolute Gasteiger partial charge is 0.239 e. The zero-order valence-electron chi connectivity index (χ0n) is 11.0. The highest BCUT2D eigenvalue weighted by molar-refractivity contribution is 5.81. The van der Waals surface area contributed by atoms with E-state index in [1.807, 2.05) is 43.5 Å². The fourth-order valence-electron chi connectivity index (χ4n) is 1.74. The largest absolute Gasteiger partial charge is 0.374 e. The van der Waals surface area contributed by atoms with Crippen LogP contribution in [0, 0.1) is 0 Å². The van der Waals surface area contributed by atoms with Crippen molar-refractivity contribution < 1.29 is 4.79 Å². The molecule has 5 heteroatoms. The van der Waals surface area contributed by atoms with Gasteiger partial charge in [0.2, 0.25) is 5.91 Å². The molecular weight excluding hydrogens is 240 g/mol. The van der Waals surface area contributed by atoms with Crippen molar-refractivity contribution in [3.8, 4) is 5.69 Å². The normalized spacial score (nSPS) is 10.2. The average molecular weight is 258 g/mol. The molecule has 0 unspecified atom stereocenters. The molecule has 1 aromatic heterocycles. The second-order valence-corrected chi connectivity index (χ2v) is 4.17. The van der Waals surface area contributed by atoms with Crippen LogP contribution in [0.15, 0.2) is 42.7 Å². The second kappa shape index (κ2) is 6.58. The van der Waals surface area contributed by atoms with E-state index in [-0.39, 0.29) is 12.5 Å². The van der Waals surface area contributed by atoms with E-state index in [1.165, 1.54) is 0 Å². The maximum Gasteiger partial charge on any atom is 0.239 e. The van der Waals surface area contributed by atoms with Gasteiger partial charge in [-0.15, -0.1) is 0 Å². The molecule has 2 rings (SSSR count). The maximum atomic E-state index is 11.6. The molecule has 5 nitrogen and oxygen atoms in total. The van der Waals surface area contributed by atoms with Crippen molar-refractivity contribution in [2.24, 2.45) is 0 Å². The van der Waals surface area contributed by atoms with Gasteiger partial charge >= 0.3 is 0 Å². The van der Waals surface area contributed by atoms with E-state index >= 15 is 0 Å². The number of aromatic nitrogens is 2. The fraction of sp³-hybridized carbons (Fsp3) is 0.286. The summed E-state index contributed by atoms with van der Waals surface area (Å²) in [5, 5.41) is 10.2. The van der Waals surface area contributed by atoms with Crippen molar-refractivity contribution in [2.75, 3.05) is 18.4 Å². The van der Waals surface area contributed by atoms with Crippen LogP contribution in [0.25, 0.3) is 5.69 Å². The summed E-state index contributed by atoms with van der Waals surface area (Å²) in [6, 6.07) is 9.63. The summed E-state index contributed by atoms with van der Waals surface area (Å²) < 4.78 is 1.77. The standard InChI is InChI=1S/C14H18N4O/c1-2-8-15-14(19)11-16-12-6-3-4-7-13(12)18-10-5-9-17-18/h3-7,9-10,16H,2,8,11H2,1H3,(H,15,19). The minimum absolute atomic E-state index is 0.00267. The van der Waals surface area contributed by atoms with E-state index in [0.717, 1.165) is 17.8 Å². The molecule has 0 saturated heterocycles. The molecule has 0 radical (unpaired) electrons. The minimum Gasteiger partial charge on any atom is -0.374 e. The first-order valence-corrected chi connectivity index (χ1v) is 6.41. The molecule has 1 aromatic carbocycles. The van der Waals surface area contributed by atoms with Crippen LogP contribution in [0.3, 0.4) is 0 Å². The number of carbonyl (C=O) groups is 1. The molecule has 2 N–H and O–H groups in total. The summed E-state index contributed by atoms with van der Waals surface area (Å²) in [4.78, 5) is 11.6. The van der Waals surface area contributed by atoms with E-state index in [1.54, 1.807) is 10.9 Å². The molecule has 2 aromatic rings. The lowest BCUT2D eigenvalue weighted by atomic mass is 10.2. The quantitative estimate of drug-likeness (QED) is 0.830. The monoisotopic (exact) mass is 258 g/mol. The Labute approximate surface area is 112 Å². The Hall–Kier alpha value is -2.30. The molecule has 0 spiro atoms. The van der Waals surface area contributed by atoms with Crippen LogP contribution in [0.4, 0.5) is 5.69 Å². The van der Waals surface area contributed by atoms with Gasteiger partial charge in [-0.25, -0.2) is 4.68 Å². The first-order chi connectivity index (χ1) is 9.31. The lowest BCUT2D eigenvalue weighted by Crippen LogP contribution is -2.30. The fourth-order valence-corrected chi connectivity index (χ4v) is 1.74. The molecule has 0 bridgehead atoms. The molecule has 0 atom stereocenters. The molecule has 0 aliphatic heterocycles. The third-order valence-corrected chi connectivity index (χ3v) is 2.67. The van der Waals surface area contributed by atoms with Crippen LogP contribution in [-0.2, 0) is 4.79 Å². The number of benzene rings is 1. The summed E-state index contributed by atoms with van der Waals surface area (Å²) in [6.07, 6.45) is 4.54. The molecule has 0 saturated carbocycles. The van der Waals surface area contributed by atoms with Crippen LogP contribution in [-0.4, -0.2) is 28.8 Å². The van der Waals surface area contributed by atoms with Crippen molar-refractivity contribution in [3.63, 3.8) is 0 Å². The van der Waals surface area contributed by atoms with Gasteiger partial charge < -0.3 is 10.6 Å². The molecule has 100 valence electrons. The Kier molecular flexibility index (Phi) is 4.55. The van der Waals surface area contributed by atoms with Crippen LogP contribution >= 0.6 is 0 Å². The number of anilines is 1. The number of nitrogens with zero attached hydrogens (tertiary/aromatic N) is 2. The Balaban J connectivity index is 2.03. The van der Waals surface area contributed by atoms with Crippen LogP contribution in [0.5, 0.6) is 0 Å². The van der Waals surface area contributed by atoms with Crippen molar-refractivity contribution in [3.05, 3.63) is 42.7 Å². The third-order valence-electron chi connectivity index (χ3n) is 2.67. The zero-order chi connectivity index (χ0) is 13.5. The predicted molar refractivity (Wildman–Crippen MR) is 75.4 cm³/mol. The maximum absolute atomic E-state index is 11.6. The topological polar surface area (TPSA) is 59.0 Å². The lowest BCUT2D eigenvalue weighted by molar-refractivity contribution is -0.119. The van der Waals surface area contributed by atoms with Gasteiger partial charge in [-0.2, -0.15) is 5.10 Å². The highest BCUT2D eigenvalue weighted by Gasteiger charge is 2.05. The van der Waals surface area contributed by atoms with Gasteiger partial charge in [0.1, 0.15) is 0 Å². The number of carbonyl (C=O) groups excluding carboxylic acids is 1. The third kappa shape index (κ3) is 3.58. The molecule has 0 fully saturated rings. The first kappa shape index (κ1) is 13.1. The number of amides is 1. The highest BCUT2D eigenvalue weighted by Crippen LogP contribution is 2.18. The molecule has 1 amide bonds. The molecule has 0 aliphatic carbocycles. The van der Waals surface area contributed by atoms with Crippen molar-refractivity contribution in [1.82, 2.24) is 15.1 Å². The highest BCUT2D eigenvalue weighted by atomic mass is 16.1. The number of hydrogen-bond acceptors (Lipinski definition) is 3. The predicted octanol–water partition coefficient (Wildman–Crippen LogP) is 1.81. The summed E-state index contributed by atoms with van der Waals surface area (Å²) >= 11 is 0. The second-order valence-electron chi connectivity index (χ2n) is 4.17. The number of para-hydroxylation sites is 2. The van der Waals surface area contributed by atoms with Gasteiger partial charge in [0, 0.05) is 18.9 Å². The van der Waals surface area contributed by atoms with Gasteiger partial charge in [-0.3, -0.25) is 4.79 Å². The molecule has 19 heavy (non-hydrogen) atoms. The van der Waals surface area contributed by atoms with Gasteiger partial charge in [-0.05, 0) is 24.6 Å². The lowest BCUT2D eigenvalue weighted by Gasteiger charge is -2.11. The molecule has 1 heterocycles. The Morgan fingerprint density at radius 3 is 2.89 bits per heavy atom. The van der Waals surface area contributed by atoms with E-state index < -0.39 is 0 Å². The molecule has 0 aliphatic rings. The van der Waals surface area contributed by atoms with Gasteiger partial charge in [0.15, 0.2) is 0 Å². The number of nitrogens with one attached hydrogen (secondary N) is 2. The average Bonchev–Trinajstić information content (AvgIpc) is 2.97. The first-order valence-electron chi connectivity index (χ1n) is 6.41. The summed E-state index contributed by atoms with van der Waals surface area (Å²) in [6.45, 7) is 3.00. The van der Waals surface area contributed by atoms with Crippen molar-refractivity contribution in [2.45, 2.75) is 13.3 Å². The van der Waals surface area contributed by atoms with Gasteiger partial charge in [0.25, 0.3) is 0 Å². The van der Waals surface area contributed by atoms with Crippen molar-refractivity contribution >= 4 is 11.6 Å². The van der Waals surface area contributed by atoms with Gasteiger partial charge in [-0.1, -0.05) is 19.1 Å². The SMILES string of the molecule is CCCNC(=O)CNc1ccccc1-n1cccn1. The zero-order valence-corrected chi connectivity index (χ0v) is 11.0. The Morgan fingerprint density at radius 2 is 2.16 bits per heavy atom. The Bertz CT molecular complexity index is 522. The van der Waals surface area contributed by atoms with E-state index in [9.17, 15) is 4.79 Å². The molecular formula is C14H18N4O. The van der Waals surface area contributed by atoms with Gasteiger partial charge in [0.05, 0.1) is 17.9 Å². The summed E-state index contributed by atoms with van der Waals surface area (Å²) in [7, 11) is 0.